The number of hydrogen-bond acceptors (Lipinski definition) is 3. The van der Waals surface area contributed by atoms with E-state index in [2.05, 4.69) is 10.6 Å². The molecule has 2 N–H and O–H groups in total. The summed E-state index contributed by atoms with van der Waals surface area (Å²) in [6.07, 6.45) is -7.17. The second-order valence-corrected chi connectivity index (χ2v) is 6.67. The van der Waals surface area contributed by atoms with Crippen LogP contribution in [0.1, 0.15) is 12.5 Å². The van der Waals surface area contributed by atoms with E-state index in [0.717, 1.165) is 18.2 Å². The zero-order chi connectivity index (χ0) is 17.9. The van der Waals surface area contributed by atoms with Gasteiger partial charge in [0.1, 0.15) is 0 Å². The van der Waals surface area contributed by atoms with Gasteiger partial charge in [0.15, 0.2) is 0 Å². The molecular weight excluding hydrogens is 387 g/mol. The largest absolute Gasteiger partial charge is 0.416 e. The van der Waals surface area contributed by atoms with Crippen LogP contribution in [0.25, 0.3) is 0 Å². The molecular formula is C15H18ClF5N2OS. The molecule has 1 aliphatic rings. The number of nitrogens with one attached hydrogen (secondary N) is 2. The van der Waals surface area contributed by atoms with Gasteiger partial charge in [-0.05, 0) is 37.2 Å². The van der Waals surface area contributed by atoms with Crippen LogP contribution >= 0.6 is 24.2 Å². The molecule has 1 heterocycles. The summed E-state index contributed by atoms with van der Waals surface area (Å²) < 4.78 is 63.3. The fourth-order valence-corrected chi connectivity index (χ4v) is 2.94. The first-order chi connectivity index (χ1) is 11.2. The number of thioether (sulfide) groups is 1. The van der Waals surface area contributed by atoms with E-state index < -0.39 is 29.8 Å². The van der Waals surface area contributed by atoms with Crippen LogP contribution in [0.15, 0.2) is 23.1 Å². The topological polar surface area (TPSA) is 41.1 Å². The van der Waals surface area contributed by atoms with Crippen LogP contribution in [0.3, 0.4) is 0 Å². The normalized spacial score (nSPS) is 16.1. The number of rotatable bonds is 6. The van der Waals surface area contributed by atoms with Crippen LogP contribution < -0.4 is 10.6 Å². The Balaban J connectivity index is 0.00000312. The minimum absolute atomic E-state index is 0. The van der Waals surface area contributed by atoms with Crippen molar-refractivity contribution < 1.29 is 26.7 Å². The molecule has 3 nitrogen and oxygen atoms in total. The minimum Gasteiger partial charge on any atom is -0.325 e. The molecule has 0 bridgehead atoms. The van der Waals surface area contributed by atoms with Gasteiger partial charge in [-0.25, -0.2) is 8.78 Å². The Morgan fingerprint density at radius 2 is 2.00 bits per heavy atom. The third-order valence-corrected chi connectivity index (χ3v) is 4.95. The third-order valence-electron chi connectivity index (χ3n) is 3.86. The summed E-state index contributed by atoms with van der Waals surface area (Å²) in [5.74, 6) is -1.24. The number of amides is 1. The van der Waals surface area contributed by atoms with Gasteiger partial charge < -0.3 is 10.6 Å². The number of halogens is 6. The zero-order valence-electron chi connectivity index (χ0n) is 13.2. The van der Waals surface area contributed by atoms with Crippen LogP contribution in [-0.2, 0) is 11.0 Å². The smallest absolute Gasteiger partial charge is 0.325 e. The molecule has 1 fully saturated rings. The van der Waals surface area contributed by atoms with Crippen LogP contribution in [0, 0.1) is 11.8 Å². The molecule has 10 heteroatoms. The van der Waals surface area contributed by atoms with E-state index in [1.165, 1.54) is 0 Å². The highest BCUT2D eigenvalue weighted by atomic mass is 35.5. The Hall–Kier alpha value is -1.06. The molecule has 1 saturated heterocycles. The van der Waals surface area contributed by atoms with Crippen molar-refractivity contribution in [3.8, 4) is 0 Å². The summed E-state index contributed by atoms with van der Waals surface area (Å²) in [5.41, 5.74) is -1.02. The lowest BCUT2D eigenvalue weighted by molar-refractivity contribution is -0.137. The number of anilines is 1. The first-order valence-electron chi connectivity index (χ1n) is 7.32. The molecule has 25 heavy (non-hydrogen) atoms. The Morgan fingerprint density at radius 3 is 2.48 bits per heavy atom. The summed E-state index contributed by atoms with van der Waals surface area (Å²) in [4.78, 5) is 12.4. The minimum atomic E-state index is -4.57. The van der Waals surface area contributed by atoms with Gasteiger partial charge in [0, 0.05) is 10.8 Å². The molecule has 0 spiro atoms. The van der Waals surface area contributed by atoms with E-state index in [-0.39, 0.29) is 34.8 Å². The van der Waals surface area contributed by atoms with Crippen LogP contribution in [0.4, 0.5) is 27.6 Å². The lowest BCUT2D eigenvalue weighted by atomic mass is 9.88. The molecule has 1 unspecified atom stereocenters. The maximum Gasteiger partial charge on any atom is 0.416 e. The van der Waals surface area contributed by atoms with Crippen LogP contribution in [0.5, 0.6) is 0 Å². The first kappa shape index (κ1) is 22.0. The van der Waals surface area contributed by atoms with Crippen LogP contribution in [-0.4, -0.2) is 31.2 Å². The van der Waals surface area contributed by atoms with E-state index in [1.807, 2.05) is 0 Å². The monoisotopic (exact) mass is 404 g/mol. The first-order valence-corrected chi connectivity index (χ1v) is 8.31. The number of carbonyl (C=O) groups is 1. The van der Waals surface area contributed by atoms with E-state index in [9.17, 15) is 26.7 Å². The standard InChI is InChI=1S/C15H17F5N2OS.ClH/c1-8(9-5-21-6-9)14(23)22-11-4-10(15(18,19)20)2-3-12(11)24-7-13(16)17;/h2-4,8-9,13,21H,5-7H2,1H3,(H,22,23);1H. The predicted molar refractivity (Wildman–Crippen MR) is 89.6 cm³/mol. The Labute approximate surface area is 152 Å². The van der Waals surface area contributed by atoms with Gasteiger partial charge in [-0.15, -0.1) is 24.2 Å². The summed E-state index contributed by atoms with van der Waals surface area (Å²) in [6.45, 7) is 3.04. The summed E-state index contributed by atoms with van der Waals surface area (Å²) >= 11 is 0.712. The second-order valence-electron chi connectivity index (χ2n) is 5.61. The molecule has 0 radical (unpaired) electrons. The van der Waals surface area contributed by atoms with E-state index in [1.54, 1.807) is 6.92 Å². The average molecular weight is 405 g/mol. The van der Waals surface area contributed by atoms with Gasteiger partial charge in [-0.3, -0.25) is 4.79 Å². The van der Waals surface area contributed by atoms with Gasteiger partial charge >= 0.3 is 6.18 Å². The molecule has 0 aliphatic carbocycles. The quantitative estimate of drug-likeness (QED) is 0.549. The van der Waals surface area contributed by atoms with Crippen LogP contribution in [0.2, 0.25) is 0 Å². The highest BCUT2D eigenvalue weighted by Crippen LogP contribution is 2.36. The number of benzene rings is 1. The molecule has 2 rings (SSSR count). The predicted octanol–water partition coefficient (Wildman–Crippen LogP) is 4.28. The lowest BCUT2D eigenvalue weighted by Crippen LogP contribution is -2.48. The average Bonchev–Trinajstić information content (AvgIpc) is 2.42. The third kappa shape index (κ3) is 6.00. The number of carbonyl (C=O) groups excluding carboxylic acids is 1. The zero-order valence-corrected chi connectivity index (χ0v) is 14.8. The van der Waals surface area contributed by atoms with Gasteiger partial charge in [0.2, 0.25) is 12.3 Å². The van der Waals surface area contributed by atoms with Gasteiger partial charge in [-0.1, -0.05) is 6.92 Å². The summed E-state index contributed by atoms with van der Waals surface area (Å²) in [7, 11) is 0. The molecule has 0 saturated carbocycles. The fraction of sp³-hybridized carbons (Fsp3) is 0.533. The molecule has 1 aromatic carbocycles. The van der Waals surface area contributed by atoms with Crippen molar-refractivity contribution in [3.63, 3.8) is 0 Å². The van der Waals surface area contributed by atoms with Gasteiger partial charge in [-0.2, -0.15) is 13.2 Å². The van der Waals surface area contributed by atoms with Crippen molar-refractivity contribution in [2.24, 2.45) is 11.8 Å². The molecule has 1 amide bonds. The number of alkyl halides is 5. The molecule has 1 atom stereocenters. The van der Waals surface area contributed by atoms with Crippen molar-refractivity contribution in [2.45, 2.75) is 24.4 Å². The Kier molecular flexibility index (Phi) is 7.95. The Bertz CT molecular complexity index is 596. The summed E-state index contributed by atoms with van der Waals surface area (Å²) in [6, 6.07) is 2.72. The Morgan fingerprint density at radius 1 is 1.36 bits per heavy atom. The van der Waals surface area contributed by atoms with E-state index >= 15 is 0 Å². The number of hydrogen-bond donors (Lipinski definition) is 2. The highest BCUT2D eigenvalue weighted by molar-refractivity contribution is 7.99. The van der Waals surface area contributed by atoms with Gasteiger partial charge in [0.05, 0.1) is 17.0 Å². The molecule has 142 valence electrons. The van der Waals surface area contributed by atoms with Crippen molar-refractivity contribution in [1.82, 2.24) is 5.32 Å². The van der Waals surface area contributed by atoms with E-state index in [4.69, 9.17) is 0 Å². The van der Waals surface area contributed by atoms with Gasteiger partial charge in [0.25, 0.3) is 0 Å². The summed E-state index contributed by atoms with van der Waals surface area (Å²) in [5, 5.41) is 5.48. The fourth-order valence-electron chi connectivity index (χ4n) is 2.21. The SMILES string of the molecule is CC(C(=O)Nc1cc(C(F)(F)F)ccc1SCC(F)F)C1CNC1.Cl. The lowest BCUT2D eigenvalue weighted by Gasteiger charge is -2.31. The highest BCUT2D eigenvalue weighted by Gasteiger charge is 2.32. The second kappa shape index (κ2) is 9.05. The van der Waals surface area contributed by atoms with Crippen molar-refractivity contribution in [2.75, 3.05) is 24.2 Å². The molecule has 0 aromatic heterocycles. The van der Waals surface area contributed by atoms with Crippen molar-refractivity contribution in [3.05, 3.63) is 23.8 Å². The van der Waals surface area contributed by atoms with Crippen molar-refractivity contribution >= 4 is 35.8 Å². The van der Waals surface area contributed by atoms with Crippen molar-refractivity contribution in [1.29, 1.82) is 0 Å². The molecule has 1 aliphatic heterocycles. The maximum absolute atomic E-state index is 12.9. The molecule has 1 aromatic rings. The maximum atomic E-state index is 12.9. The van der Waals surface area contributed by atoms with E-state index in [0.29, 0.717) is 24.9 Å².